The van der Waals surface area contributed by atoms with E-state index in [-0.39, 0.29) is 0 Å². The maximum atomic E-state index is 2.51. The van der Waals surface area contributed by atoms with Gasteiger partial charge < -0.3 is 9.88 Å². The van der Waals surface area contributed by atoms with E-state index in [9.17, 15) is 0 Å². The standard InChI is InChI=1S/C14H18N2/c1-9-4-5-13-12(8-9)10(2)14-11(3)15-6-7-16(13)14/h4-5,8,11,15H,6-7H2,1-3H3/p+1. The van der Waals surface area contributed by atoms with Gasteiger partial charge in [-0.3, -0.25) is 0 Å². The molecule has 0 aliphatic carbocycles. The number of aryl methyl sites for hydroxylation is 2. The molecule has 0 saturated heterocycles. The fourth-order valence-electron chi connectivity index (χ4n) is 3.05. The van der Waals surface area contributed by atoms with Gasteiger partial charge in [0.05, 0.1) is 18.8 Å². The average molecular weight is 215 g/mol. The molecular formula is C14H19N2+. The molecule has 2 heteroatoms. The highest BCUT2D eigenvalue weighted by Gasteiger charge is 2.24. The van der Waals surface area contributed by atoms with Crippen molar-refractivity contribution >= 4 is 10.9 Å². The van der Waals surface area contributed by atoms with E-state index >= 15 is 0 Å². The van der Waals surface area contributed by atoms with Gasteiger partial charge in [-0.1, -0.05) is 11.6 Å². The lowest BCUT2D eigenvalue weighted by atomic mass is 10.1. The van der Waals surface area contributed by atoms with Crippen LogP contribution in [0, 0.1) is 13.8 Å². The van der Waals surface area contributed by atoms with Crippen molar-refractivity contribution in [3.05, 3.63) is 35.0 Å². The monoisotopic (exact) mass is 215 g/mol. The minimum Gasteiger partial charge on any atom is -0.338 e. The van der Waals surface area contributed by atoms with Gasteiger partial charge in [0, 0.05) is 10.9 Å². The molecule has 1 aliphatic heterocycles. The molecule has 2 aromatic rings. The van der Waals surface area contributed by atoms with Crippen molar-refractivity contribution in [1.29, 1.82) is 0 Å². The molecule has 2 nitrogen and oxygen atoms in total. The van der Waals surface area contributed by atoms with Gasteiger partial charge in [-0.25, -0.2) is 0 Å². The van der Waals surface area contributed by atoms with E-state index in [1.54, 1.807) is 0 Å². The lowest BCUT2D eigenvalue weighted by Gasteiger charge is -2.21. The van der Waals surface area contributed by atoms with Crippen molar-refractivity contribution in [2.24, 2.45) is 0 Å². The van der Waals surface area contributed by atoms with Crippen LogP contribution >= 0.6 is 0 Å². The summed E-state index contributed by atoms with van der Waals surface area (Å²) < 4.78 is 2.51. The SMILES string of the molecule is Cc1ccc2c(c1)c(C)c1n2CC[NH2+]C1C. The largest absolute Gasteiger partial charge is 0.338 e. The summed E-state index contributed by atoms with van der Waals surface area (Å²) in [7, 11) is 0. The van der Waals surface area contributed by atoms with Crippen LogP contribution in [0.1, 0.15) is 29.8 Å². The van der Waals surface area contributed by atoms with E-state index in [0.717, 1.165) is 6.54 Å². The Morgan fingerprint density at radius 3 is 2.94 bits per heavy atom. The Balaban J connectivity index is 2.38. The lowest BCUT2D eigenvalue weighted by Crippen LogP contribution is -2.87. The van der Waals surface area contributed by atoms with Gasteiger partial charge in [0.1, 0.15) is 6.04 Å². The van der Waals surface area contributed by atoms with Crippen molar-refractivity contribution < 1.29 is 5.32 Å². The van der Waals surface area contributed by atoms with E-state index in [1.165, 1.54) is 34.3 Å². The number of fused-ring (bicyclic) bond motifs is 3. The molecule has 3 rings (SSSR count). The summed E-state index contributed by atoms with van der Waals surface area (Å²) in [4.78, 5) is 0. The summed E-state index contributed by atoms with van der Waals surface area (Å²) in [5.74, 6) is 0. The van der Waals surface area contributed by atoms with Crippen molar-refractivity contribution in [2.75, 3.05) is 6.54 Å². The fourth-order valence-corrected chi connectivity index (χ4v) is 3.05. The minimum absolute atomic E-state index is 0.599. The van der Waals surface area contributed by atoms with Crippen molar-refractivity contribution in [3.8, 4) is 0 Å². The van der Waals surface area contributed by atoms with Crippen LogP contribution in [0.15, 0.2) is 18.2 Å². The molecule has 0 radical (unpaired) electrons. The van der Waals surface area contributed by atoms with Crippen LogP contribution in [0.3, 0.4) is 0 Å². The van der Waals surface area contributed by atoms with Crippen LogP contribution in [0.25, 0.3) is 10.9 Å². The highest BCUT2D eigenvalue weighted by atomic mass is 15.1. The molecule has 2 heterocycles. The summed E-state index contributed by atoms with van der Waals surface area (Å²) in [6.45, 7) is 9.09. The molecule has 0 bridgehead atoms. The normalized spacial score (nSPS) is 20.1. The first-order chi connectivity index (χ1) is 7.68. The highest BCUT2D eigenvalue weighted by molar-refractivity contribution is 5.86. The quantitative estimate of drug-likeness (QED) is 0.693. The average Bonchev–Trinajstić information content (AvgIpc) is 2.54. The zero-order valence-electron chi connectivity index (χ0n) is 10.2. The molecule has 2 N–H and O–H groups in total. The molecule has 84 valence electrons. The molecule has 1 aromatic heterocycles. The number of rotatable bonds is 0. The lowest BCUT2D eigenvalue weighted by molar-refractivity contribution is -0.699. The van der Waals surface area contributed by atoms with Crippen LogP contribution in [0.4, 0.5) is 0 Å². The highest BCUT2D eigenvalue weighted by Crippen LogP contribution is 2.30. The first-order valence-electron chi connectivity index (χ1n) is 6.11. The van der Waals surface area contributed by atoms with Gasteiger partial charge in [0.2, 0.25) is 0 Å². The van der Waals surface area contributed by atoms with Gasteiger partial charge >= 0.3 is 0 Å². The van der Waals surface area contributed by atoms with E-state index in [4.69, 9.17) is 0 Å². The summed E-state index contributed by atoms with van der Waals surface area (Å²) in [5, 5.41) is 3.88. The zero-order valence-corrected chi connectivity index (χ0v) is 10.2. The minimum atomic E-state index is 0.599. The van der Waals surface area contributed by atoms with E-state index in [1.807, 2.05) is 0 Å². The molecule has 1 atom stereocenters. The summed E-state index contributed by atoms with van der Waals surface area (Å²) >= 11 is 0. The van der Waals surface area contributed by atoms with Crippen LogP contribution < -0.4 is 5.32 Å². The van der Waals surface area contributed by atoms with E-state index in [2.05, 4.69) is 48.9 Å². The predicted octanol–water partition coefficient (Wildman–Crippen LogP) is 1.90. The van der Waals surface area contributed by atoms with Crippen molar-refractivity contribution in [3.63, 3.8) is 0 Å². The van der Waals surface area contributed by atoms with Gasteiger partial charge in [0.15, 0.2) is 0 Å². The fraction of sp³-hybridized carbons (Fsp3) is 0.429. The van der Waals surface area contributed by atoms with Crippen molar-refractivity contribution in [2.45, 2.75) is 33.4 Å². The molecule has 0 spiro atoms. The number of hydrogen-bond acceptors (Lipinski definition) is 0. The Labute approximate surface area is 96.3 Å². The Kier molecular flexibility index (Phi) is 2.08. The summed E-state index contributed by atoms with van der Waals surface area (Å²) in [6, 6.07) is 7.42. The third-order valence-electron chi connectivity index (χ3n) is 3.83. The summed E-state index contributed by atoms with van der Waals surface area (Å²) in [6.07, 6.45) is 0. The van der Waals surface area contributed by atoms with E-state index < -0.39 is 0 Å². The maximum absolute atomic E-state index is 2.51. The molecule has 1 aromatic carbocycles. The van der Waals surface area contributed by atoms with Crippen LogP contribution in [0.5, 0.6) is 0 Å². The zero-order chi connectivity index (χ0) is 11.3. The number of nitrogens with two attached hydrogens (primary N) is 1. The van der Waals surface area contributed by atoms with Gasteiger partial charge in [-0.15, -0.1) is 0 Å². The Bertz CT molecular complexity index is 551. The number of quaternary nitrogens is 1. The van der Waals surface area contributed by atoms with Gasteiger partial charge in [-0.05, 0) is 38.5 Å². The van der Waals surface area contributed by atoms with Crippen LogP contribution in [0.2, 0.25) is 0 Å². The molecule has 0 saturated carbocycles. The number of hydrogen-bond donors (Lipinski definition) is 1. The van der Waals surface area contributed by atoms with Crippen molar-refractivity contribution in [1.82, 2.24) is 4.57 Å². The van der Waals surface area contributed by atoms with Gasteiger partial charge in [0.25, 0.3) is 0 Å². The molecule has 0 amide bonds. The van der Waals surface area contributed by atoms with Crippen LogP contribution in [-0.2, 0) is 6.54 Å². The maximum Gasteiger partial charge on any atom is 0.124 e. The molecule has 16 heavy (non-hydrogen) atoms. The molecule has 0 fully saturated rings. The van der Waals surface area contributed by atoms with E-state index in [0.29, 0.717) is 6.04 Å². The second-order valence-electron chi connectivity index (χ2n) is 5.00. The Hall–Kier alpha value is -1.28. The second-order valence-corrected chi connectivity index (χ2v) is 5.00. The third kappa shape index (κ3) is 1.23. The Morgan fingerprint density at radius 2 is 2.12 bits per heavy atom. The second kappa shape index (κ2) is 3.36. The van der Waals surface area contributed by atoms with Gasteiger partial charge in [-0.2, -0.15) is 0 Å². The number of aromatic nitrogens is 1. The number of nitrogens with zero attached hydrogens (tertiary/aromatic N) is 1. The smallest absolute Gasteiger partial charge is 0.124 e. The predicted molar refractivity (Wildman–Crippen MR) is 66.6 cm³/mol. The third-order valence-corrected chi connectivity index (χ3v) is 3.83. The first kappa shape index (κ1) is 9.91. The molecule has 1 unspecified atom stereocenters. The topological polar surface area (TPSA) is 21.5 Å². The summed E-state index contributed by atoms with van der Waals surface area (Å²) in [5.41, 5.74) is 5.77. The molecular weight excluding hydrogens is 196 g/mol. The van der Waals surface area contributed by atoms with Crippen LogP contribution in [-0.4, -0.2) is 11.1 Å². The Morgan fingerprint density at radius 1 is 1.31 bits per heavy atom. The number of benzene rings is 1. The first-order valence-corrected chi connectivity index (χ1v) is 6.11. The molecule has 1 aliphatic rings.